The Kier molecular flexibility index (Phi) is 6.94. The van der Waals surface area contributed by atoms with Crippen molar-refractivity contribution in [3.63, 3.8) is 0 Å². The molecule has 1 aromatic carbocycles. The number of likely N-dealkylation sites (tertiary alicyclic amines) is 1. The molecule has 1 aliphatic carbocycles. The first-order chi connectivity index (χ1) is 16.9. The lowest BCUT2D eigenvalue weighted by atomic mass is 9.70. The van der Waals surface area contributed by atoms with E-state index in [4.69, 9.17) is 4.74 Å². The highest BCUT2D eigenvalue weighted by Gasteiger charge is 2.76. The summed E-state index contributed by atoms with van der Waals surface area (Å²) in [6.45, 7) is 1.82. The summed E-state index contributed by atoms with van der Waals surface area (Å²) in [6, 6.07) is 8.26. The number of carbonyl (C=O) groups excluding carboxylic acids is 3. The van der Waals surface area contributed by atoms with Crippen molar-refractivity contribution < 1.29 is 24.2 Å². The summed E-state index contributed by atoms with van der Waals surface area (Å²) >= 11 is 3.68. The zero-order valence-electron chi connectivity index (χ0n) is 20.0. The number of halogens is 1. The van der Waals surface area contributed by atoms with Gasteiger partial charge < -0.3 is 25.4 Å². The third-order valence-electron chi connectivity index (χ3n) is 8.28. The number of hydrogen-bond acceptors (Lipinski definition) is 5. The van der Waals surface area contributed by atoms with Gasteiger partial charge in [0.2, 0.25) is 17.7 Å². The maximum Gasteiger partial charge on any atom is 0.246 e. The quantitative estimate of drug-likeness (QED) is 0.452. The van der Waals surface area contributed by atoms with Crippen molar-refractivity contribution in [2.24, 2.45) is 11.8 Å². The van der Waals surface area contributed by atoms with Gasteiger partial charge in [0.05, 0.1) is 30.6 Å². The van der Waals surface area contributed by atoms with Crippen molar-refractivity contribution in [1.82, 2.24) is 15.5 Å². The van der Waals surface area contributed by atoms with Crippen LogP contribution in [-0.4, -0.2) is 69.0 Å². The van der Waals surface area contributed by atoms with Gasteiger partial charge in [-0.2, -0.15) is 0 Å². The van der Waals surface area contributed by atoms with E-state index < -0.39 is 35.6 Å². The van der Waals surface area contributed by atoms with Crippen molar-refractivity contribution >= 4 is 33.7 Å². The van der Waals surface area contributed by atoms with E-state index in [1.54, 1.807) is 6.92 Å². The molecule has 1 aromatic rings. The smallest absolute Gasteiger partial charge is 0.246 e. The number of nitrogens with one attached hydrogen (secondary N) is 2. The number of fused-ring (bicyclic) bond motifs is 1. The number of amides is 3. The second kappa shape index (κ2) is 9.82. The van der Waals surface area contributed by atoms with Gasteiger partial charge in [0, 0.05) is 17.4 Å². The maximum atomic E-state index is 13.8. The molecule has 1 saturated carbocycles. The first kappa shape index (κ1) is 24.7. The van der Waals surface area contributed by atoms with Crippen LogP contribution in [0.3, 0.4) is 0 Å². The molecular formula is C26H34BrN3O5. The number of nitrogens with zero attached hydrogens (tertiary/aromatic N) is 1. The van der Waals surface area contributed by atoms with E-state index in [1.165, 1.54) is 11.3 Å². The zero-order valence-corrected chi connectivity index (χ0v) is 21.6. The first-order valence-electron chi connectivity index (χ1n) is 12.7. The monoisotopic (exact) mass is 547 g/mol. The summed E-state index contributed by atoms with van der Waals surface area (Å²) in [6.07, 6.45) is 5.14. The summed E-state index contributed by atoms with van der Waals surface area (Å²) in [5.41, 5.74) is -0.125. The standard InChI is InChI=1S/C26H34BrN3O5/c1-15(14-31)30-22(24(33)29-17-10-6-3-7-11-17)26-12-18(27)21(35-26)19(20(26)25(30)34)23(32)28-13-16-8-4-2-5-9-16/h2,4-5,8-9,15,17-22,31H,3,6-7,10-14H2,1H3,(H,28,32)(H,29,33)/t15-,18?,19-,20+,21-,22?,26?/m1/s1. The van der Waals surface area contributed by atoms with Gasteiger partial charge >= 0.3 is 0 Å². The fourth-order valence-electron chi connectivity index (χ4n) is 6.66. The normalized spacial score (nSPS) is 35.1. The number of hydrogen-bond donors (Lipinski definition) is 3. The number of rotatable bonds is 7. The topological polar surface area (TPSA) is 108 Å². The van der Waals surface area contributed by atoms with E-state index >= 15 is 0 Å². The van der Waals surface area contributed by atoms with E-state index in [2.05, 4.69) is 26.6 Å². The Morgan fingerprint density at radius 3 is 2.60 bits per heavy atom. The van der Waals surface area contributed by atoms with Gasteiger partial charge in [0.25, 0.3) is 0 Å². The molecule has 190 valence electrons. The van der Waals surface area contributed by atoms with Crippen molar-refractivity contribution in [3.8, 4) is 0 Å². The van der Waals surface area contributed by atoms with Crippen LogP contribution in [0.2, 0.25) is 0 Å². The van der Waals surface area contributed by atoms with Crippen LogP contribution in [0, 0.1) is 11.8 Å². The Morgan fingerprint density at radius 2 is 1.91 bits per heavy atom. The molecule has 35 heavy (non-hydrogen) atoms. The molecule has 2 bridgehead atoms. The van der Waals surface area contributed by atoms with Crippen LogP contribution in [0.1, 0.15) is 51.0 Å². The number of benzene rings is 1. The fraction of sp³-hybridized carbons (Fsp3) is 0.654. The fourth-order valence-corrected chi connectivity index (χ4v) is 7.60. The van der Waals surface area contributed by atoms with Gasteiger partial charge in [-0.05, 0) is 31.7 Å². The SMILES string of the molecule is C[C@H](CO)N1C(=O)[C@@H]2[C@@H](C(=O)NCc3ccccc3)[C@@H]3OC2(CC3Br)C1C(=O)NC1CCCCC1. The highest BCUT2D eigenvalue weighted by atomic mass is 79.9. The highest BCUT2D eigenvalue weighted by Crippen LogP contribution is 2.60. The molecule has 0 radical (unpaired) electrons. The molecule has 1 spiro atoms. The van der Waals surface area contributed by atoms with Gasteiger partial charge in [0.15, 0.2) is 0 Å². The molecule has 8 nitrogen and oxygen atoms in total. The predicted molar refractivity (Wildman–Crippen MR) is 132 cm³/mol. The molecule has 3 saturated heterocycles. The summed E-state index contributed by atoms with van der Waals surface area (Å²) in [5, 5.41) is 16.1. The average molecular weight is 548 g/mol. The number of carbonyl (C=O) groups is 3. The third kappa shape index (κ3) is 4.19. The van der Waals surface area contributed by atoms with Gasteiger partial charge in [-0.3, -0.25) is 14.4 Å². The van der Waals surface area contributed by atoms with Crippen LogP contribution >= 0.6 is 15.9 Å². The molecule has 0 aromatic heterocycles. The van der Waals surface area contributed by atoms with Crippen molar-refractivity contribution in [1.29, 1.82) is 0 Å². The summed E-state index contributed by atoms with van der Waals surface area (Å²) in [4.78, 5) is 42.3. The molecule has 3 amide bonds. The number of alkyl halides is 1. The van der Waals surface area contributed by atoms with Gasteiger partial charge in [-0.25, -0.2) is 0 Å². The predicted octanol–water partition coefficient (Wildman–Crippen LogP) is 1.88. The molecular weight excluding hydrogens is 514 g/mol. The molecule has 9 heteroatoms. The minimum absolute atomic E-state index is 0.0800. The van der Waals surface area contributed by atoms with Crippen LogP contribution in [-0.2, 0) is 25.7 Å². The minimum Gasteiger partial charge on any atom is -0.394 e. The number of aliphatic hydroxyl groups is 1. The van der Waals surface area contributed by atoms with E-state index in [-0.39, 0.29) is 35.2 Å². The Bertz CT molecular complexity index is 971. The van der Waals surface area contributed by atoms with Crippen LogP contribution in [0.5, 0.6) is 0 Å². The van der Waals surface area contributed by atoms with Gasteiger partial charge in [0.1, 0.15) is 11.6 Å². The van der Waals surface area contributed by atoms with Crippen LogP contribution in [0.15, 0.2) is 30.3 Å². The van der Waals surface area contributed by atoms with Crippen molar-refractivity contribution in [2.75, 3.05) is 6.61 Å². The lowest BCUT2D eigenvalue weighted by Gasteiger charge is -2.37. The average Bonchev–Trinajstić information content (AvgIpc) is 3.46. The van der Waals surface area contributed by atoms with E-state index in [1.807, 2.05) is 30.3 Å². The van der Waals surface area contributed by atoms with Crippen molar-refractivity contribution in [2.45, 2.75) is 86.7 Å². The van der Waals surface area contributed by atoms with E-state index in [0.29, 0.717) is 13.0 Å². The molecule has 3 heterocycles. The molecule has 3 aliphatic heterocycles. The molecule has 5 rings (SSSR count). The van der Waals surface area contributed by atoms with Gasteiger partial charge in [-0.15, -0.1) is 0 Å². The number of ether oxygens (including phenoxy) is 1. The number of aliphatic hydroxyl groups excluding tert-OH is 1. The van der Waals surface area contributed by atoms with E-state index in [9.17, 15) is 19.5 Å². The summed E-state index contributed by atoms with van der Waals surface area (Å²) in [7, 11) is 0. The summed E-state index contributed by atoms with van der Waals surface area (Å²) < 4.78 is 6.49. The second-order valence-corrected chi connectivity index (χ2v) is 11.7. The maximum absolute atomic E-state index is 13.8. The Labute approximate surface area is 214 Å². The lowest BCUT2D eigenvalue weighted by Crippen LogP contribution is -2.59. The molecule has 7 atom stereocenters. The largest absolute Gasteiger partial charge is 0.394 e. The highest BCUT2D eigenvalue weighted by molar-refractivity contribution is 9.09. The Balaban J connectivity index is 1.43. The van der Waals surface area contributed by atoms with E-state index in [0.717, 1.165) is 31.2 Å². The Morgan fingerprint density at radius 1 is 1.20 bits per heavy atom. The minimum atomic E-state index is -1.09. The van der Waals surface area contributed by atoms with Crippen LogP contribution in [0.25, 0.3) is 0 Å². The molecule has 3 N–H and O–H groups in total. The molecule has 4 aliphatic rings. The Hall–Kier alpha value is -1.97. The molecule has 4 fully saturated rings. The van der Waals surface area contributed by atoms with Crippen LogP contribution in [0.4, 0.5) is 0 Å². The third-order valence-corrected chi connectivity index (χ3v) is 9.12. The first-order valence-corrected chi connectivity index (χ1v) is 13.7. The zero-order chi connectivity index (χ0) is 24.7. The molecule has 3 unspecified atom stereocenters. The second-order valence-electron chi connectivity index (χ2n) is 10.5. The van der Waals surface area contributed by atoms with Crippen molar-refractivity contribution in [3.05, 3.63) is 35.9 Å². The lowest BCUT2D eigenvalue weighted by molar-refractivity contribution is -0.145. The van der Waals surface area contributed by atoms with Crippen LogP contribution < -0.4 is 10.6 Å². The summed E-state index contributed by atoms with van der Waals surface area (Å²) in [5.74, 6) is -2.22. The van der Waals surface area contributed by atoms with Gasteiger partial charge in [-0.1, -0.05) is 65.5 Å².